The summed E-state index contributed by atoms with van der Waals surface area (Å²) in [6, 6.07) is 9.03. The molecule has 1 amide bonds. The van der Waals surface area contributed by atoms with Gasteiger partial charge in [-0.1, -0.05) is 12.1 Å². The van der Waals surface area contributed by atoms with Gasteiger partial charge in [0, 0.05) is 5.56 Å². The van der Waals surface area contributed by atoms with Gasteiger partial charge in [-0.25, -0.2) is 13.6 Å². The molecule has 0 radical (unpaired) electrons. The fourth-order valence-electron chi connectivity index (χ4n) is 2.43. The Kier molecular flexibility index (Phi) is 2.93. The summed E-state index contributed by atoms with van der Waals surface area (Å²) in [6.07, 6.45) is -0.506. The molecule has 1 N–H and O–H groups in total. The van der Waals surface area contributed by atoms with Crippen molar-refractivity contribution in [2.75, 3.05) is 5.32 Å². The summed E-state index contributed by atoms with van der Waals surface area (Å²) >= 11 is 0. The van der Waals surface area contributed by atoms with Crippen LogP contribution >= 0.6 is 0 Å². The Bertz CT molecular complexity index is 741. The summed E-state index contributed by atoms with van der Waals surface area (Å²) in [5.41, 5.74) is 1.93. The van der Waals surface area contributed by atoms with Crippen molar-refractivity contribution in [1.29, 1.82) is 0 Å². The van der Waals surface area contributed by atoms with Crippen LogP contribution in [0.5, 0.6) is 0 Å². The van der Waals surface area contributed by atoms with Gasteiger partial charge in [-0.2, -0.15) is 0 Å². The molecule has 3 nitrogen and oxygen atoms in total. The largest absolute Gasteiger partial charge is 0.438 e. The summed E-state index contributed by atoms with van der Waals surface area (Å²) in [5.74, 6) is -1.78. The van der Waals surface area contributed by atoms with Crippen molar-refractivity contribution in [3.63, 3.8) is 0 Å². The minimum atomic E-state index is -0.894. The fraction of sp³-hybridized carbons (Fsp3) is 0.188. The van der Waals surface area contributed by atoms with E-state index >= 15 is 0 Å². The summed E-state index contributed by atoms with van der Waals surface area (Å²) in [7, 11) is 0. The molecule has 0 saturated carbocycles. The topological polar surface area (TPSA) is 38.3 Å². The van der Waals surface area contributed by atoms with Crippen LogP contribution in [0.1, 0.15) is 19.4 Å². The summed E-state index contributed by atoms with van der Waals surface area (Å²) in [5, 5.41) is 2.62. The Morgan fingerprint density at radius 2 is 1.67 bits per heavy atom. The molecule has 2 aromatic carbocycles. The van der Waals surface area contributed by atoms with Crippen LogP contribution in [0.3, 0.4) is 0 Å². The Hall–Kier alpha value is -2.43. The standard InChI is InChI=1S/C16H13F2NO2/c1-16(2)11-7-9(4-6-14(11)19-15(20)21-16)10-3-5-12(17)13(18)8-10/h3-8H,1-2H3,(H,19,20). The monoisotopic (exact) mass is 289 g/mol. The predicted molar refractivity (Wildman–Crippen MR) is 74.9 cm³/mol. The number of amides is 1. The average molecular weight is 289 g/mol. The highest BCUT2D eigenvalue weighted by molar-refractivity contribution is 5.89. The molecule has 0 bridgehead atoms. The van der Waals surface area contributed by atoms with Gasteiger partial charge in [0.15, 0.2) is 11.6 Å². The van der Waals surface area contributed by atoms with Crippen LogP contribution in [-0.4, -0.2) is 6.09 Å². The van der Waals surface area contributed by atoms with Crippen molar-refractivity contribution in [2.45, 2.75) is 19.4 Å². The van der Waals surface area contributed by atoms with Crippen LogP contribution < -0.4 is 5.32 Å². The van der Waals surface area contributed by atoms with Crippen LogP contribution in [0, 0.1) is 11.6 Å². The van der Waals surface area contributed by atoms with E-state index < -0.39 is 23.3 Å². The summed E-state index contributed by atoms with van der Waals surface area (Å²) in [6.45, 7) is 3.55. The predicted octanol–water partition coefficient (Wildman–Crippen LogP) is 4.43. The Labute approximate surface area is 120 Å². The van der Waals surface area contributed by atoms with E-state index in [9.17, 15) is 13.6 Å². The molecule has 1 aliphatic rings. The number of cyclic esters (lactones) is 1. The van der Waals surface area contributed by atoms with E-state index in [1.807, 2.05) is 0 Å². The molecule has 0 aliphatic carbocycles. The van der Waals surface area contributed by atoms with E-state index in [2.05, 4.69) is 5.32 Å². The van der Waals surface area contributed by atoms with Crippen LogP contribution in [0.2, 0.25) is 0 Å². The first-order chi connectivity index (χ1) is 9.87. The minimum absolute atomic E-state index is 0.506. The lowest BCUT2D eigenvalue weighted by atomic mass is 9.91. The van der Waals surface area contributed by atoms with Gasteiger partial charge < -0.3 is 4.74 Å². The highest BCUT2D eigenvalue weighted by Crippen LogP contribution is 2.38. The molecule has 1 aliphatic heterocycles. The minimum Gasteiger partial charge on any atom is -0.438 e. The number of carbonyl (C=O) groups is 1. The third-order valence-electron chi connectivity index (χ3n) is 3.51. The van der Waals surface area contributed by atoms with Gasteiger partial charge in [0.05, 0.1) is 5.69 Å². The molecule has 0 unspecified atom stereocenters. The third-order valence-corrected chi connectivity index (χ3v) is 3.51. The second-order valence-corrected chi connectivity index (χ2v) is 5.41. The molecular weight excluding hydrogens is 276 g/mol. The van der Waals surface area contributed by atoms with Crippen molar-refractivity contribution in [2.24, 2.45) is 0 Å². The van der Waals surface area contributed by atoms with Crippen molar-refractivity contribution in [3.05, 3.63) is 53.6 Å². The number of anilines is 1. The second kappa shape index (κ2) is 4.55. The normalized spacial score (nSPS) is 15.9. The van der Waals surface area contributed by atoms with Crippen LogP contribution in [0.25, 0.3) is 11.1 Å². The van der Waals surface area contributed by atoms with Crippen molar-refractivity contribution >= 4 is 11.8 Å². The van der Waals surface area contributed by atoms with Crippen molar-refractivity contribution in [1.82, 2.24) is 0 Å². The van der Waals surface area contributed by atoms with Gasteiger partial charge in [0.1, 0.15) is 5.60 Å². The maximum absolute atomic E-state index is 13.4. The lowest BCUT2D eigenvalue weighted by molar-refractivity contribution is 0.0421. The molecule has 5 heteroatoms. The first kappa shape index (κ1) is 13.5. The molecule has 0 atom stereocenters. The number of carbonyl (C=O) groups excluding carboxylic acids is 1. The molecule has 0 fully saturated rings. The Morgan fingerprint density at radius 3 is 2.38 bits per heavy atom. The highest BCUT2D eigenvalue weighted by atomic mass is 19.2. The molecular formula is C16H13F2NO2. The first-order valence-corrected chi connectivity index (χ1v) is 6.47. The number of rotatable bonds is 1. The Balaban J connectivity index is 2.11. The van der Waals surface area contributed by atoms with Crippen molar-refractivity contribution in [3.8, 4) is 11.1 Å². The number of ether oxygens (including phenoxy) is 1. The molecule has 0 aromatic heterocycles. The van der Waals surface area contributed by atoms with E-state index in [-0.39, 0.29) is 0 Å². The first-order valence-electron chi connectivity index (χ1n) is 6.47. The molecule has 0 spiro atoms. The maximum Gasteiger partial charge on any atom is 0.412 e. The molecule has 108 valence electrons. The zero-order chi connectivity index (χ0) is 15.2. The zero-order valence-electron chi connectivity index (χ0n) is 11.5. The number of nitrogens with one attached hydrogen (secondary N) is 1. The van der Waals surface area contributed by atoms with Gasteiger partial charge in [0.25, 0.3) is 0 Å². The number of hydrogen-bond acceptors (Lipinski definition) is 2. The Morgan fingerprint density at radius 1 is 1.00 bits per heavy atom. The van der Waals surface area contributed by atoms with Gasteiger partial charge in [-0.05, 0) is 49.2 Å². The van der Waals surface area contributed by atoms with E-state index in [1.165, 1.54) is 6.07 Å². The van der Waals surface area contributed by atoms with Crippen LogP contribution in [0.4, 0.5) is 19.3 Å². The van der Waals surface area contributed by atoms with Gasteiger partial charge in [0.2, 0.25) is 0 Å². The molecule has 0 saturated heterocycles. The van der Waals surface area contributed by atoms with E-state index in [4.69, 9.17) is 4.74 Å². The van der Waals surface area contributed by atoms with E-state index in [1.54, 1.807) is 32.0 Å². The van der Waals surface area contributed by atoms with E-state index in [0.717, 1.165) is 23.3 Å². The molecule has 1 heterocycles. The van der Waals surface area contributed by atoms with Gasteiger partial charge in [-0.15, -0.1) is 0 Å². The lowest BCUT2D eigenvalue weighted by Gasteiger charge is -2.32. The molecule has 21 heavy (non-hydrogen) atoms. The van der Waals surface area contributed by atoms with Gasteiger partial charge >= 0.3 is 6.09 Å². The maximum atomic E-state index is 13.4. The van der Waals surface area contributed by atoms with Gasteiger partial charge in [-0.3, -0.25) is 5.32 Å². The smallest absolute Gasteiger partial charge is 0.412 e. The molecule has 2 aromatic rings. The average Bonchev–Trinajstić information content (AvgIpc) is 2.40. The number of halogens is 2. The fourth-order valence-corrected chi connectivity index (χ4v) is 2.43. The van der Waals surface area contributed by atoms with E-state index in [0.29, 0.717) is 11.3 Å². The zero-order valence-corrected chi connectivity index (χ0v) is 11.5. The highest BCUT2D eigenvalue weighted by Gasteiger charge is 2.33. The molecule has 3 rings (SSSR count). The van der Waals surface area contributed by atoms with Crippen molar-refractivity contribution < 1.29 is 18.3 Å². The number of benzene rings is 2. The quantitative estimate of drug-likeness (QED) is 0.843. The summed E-state index contributed by atoms with van der Waals surface area (Å²) < 4.78 is 31.6. The lowest BCUT2D eigenvalue weighted by Crippen LogP contribution is -2.34. The SMILES string of the molecule is CC1(C)OC(=O)Nc2ccc(-c3ccc(F)c(F)c3)cc21. The summed E-state index contributed by atoms with van der Waals surface area (Å²) in [4.78, 5) is 11.5. The number of fused-ring (bicyclic) bond motifs is 1. The third kappa shape index (κ3) is 2.35. The number of hydrogen-bond donors (Lipinski definition) is 1. The van der Waals surface area contributed by atoms with Crippen LogP contribution in [-0.2, 0) is 10.3 Å². The second-order valence-electron chi connectivity index (χ2n) is 5.41. The van der Waals surface area contributed by atoms with Crippen LogP contribution in [0.15, 0.2) is 36.4 Å².